The topological polar surface area (TPSA) is 18.5 Å². The van der Waals surface area contributed by atoms with Crippen LogP contribution >= 0.6 is 0 Å². The van der Waals surface area contributed by atoms with E-state index in [2.05, 4.69) is 11.7 Å². The van der Waals surface area contributed by atoms with Gasteiger partial charge in [0.15, 0.2) is 0 Å². The molecule has 0 spiro atoms. The number of ether oxygens (including phenoxy) is 2. The summed E-state index contributed by atoms with van der Waals surface area (Å²) in [6.07, 6.45) is 1.45. The minimum Gasteiger partial charge on any atom is -0.493 e. The highest BCUT2D eigenvalue weighted by atomic mass is 19.4. The van der Waals surface area contributed by atoms with Gasteiger partial charge in [0.2, 0.25) is 0 Å². The summed E-state index contributed by atoms with van der Waals surface area (Å²) in [6.45, 7) is 2.86. The lowest BCUT2D eigenvalue weighted by Crippen LogP contribution is -2.19. The summed E-state index contributed by atoms with van der Waals surface area (Å²) in [5.41, 5.74) is 0. The number of alkyl halides is 3. The van der Waals surface area contributed by atoms with Gasteiger partial charge in [0.05, 0.1) is 6.61 Å². The van der Waals surface area contributed by atoms with Gasteiger partial charge in [0, 0.05) is 0 Å². The molecular weight excluding hydrogens is 281 g/mol. The van der Waals surface area contributed by atoms with Gasteiger partial charge in [-0.1, -0.05) is 26.2 Å². The van der Waals surface area contributed by atoms with Gasteiger partial charge in [-0.3, -0.25) is 0 Å². The first-order chi connectivity index (χ1) is 9.96. The highest BCUT2D eigenvalue weighted by Crippen LogP contribution is 2.31. The molecule has 1 aliphatic rings. The van der Waals surface area contributed by atoms with Crippen molar-refractivity contribution in [3.05, 3.63) is 24.3 Å². The number of hydrogen-bond donors (Lipinski definition) is 0. The van der Waals surface area contributed by atoms with Gasteiger partial charge in [-0.15, -0.1) is 13.2 Å². The Morgan fingerprint density at radius 3 is 2.00 bits per heavy atom. The predicted molar refractivity (Wildman–Crippen MR) is 74.4 cm³/mol. The van der Waals surface area contributed by atoms with Gasteiger partial charge >= 0.3 is 6.36 Å². The van der Waals surface area contributed by atoms with E-state index in [1.54, 1.807) is 0 Å². The number of rotatable bonds is 5. The zero-order valence-electron chi connectivity index (χ0n) is 12.2. The van der Waals surface area contributed by atoms with E-state index in [-0.39, 0.29) is 5.75 Å². The number of benzene rings is 1. The van der Waals surface area contributed by atoms with Crippen molar-refractivity contribution in [3.8, 4) is 11.5 Å². The molecule has 0 saturated heterocycles. The molecule has 2 nitrogen and oxygen atoms in total. The van der Waals surface area contributed by atoms with Crippen LogP contribution in [0.25, 0.3) is 0 Å². The Labute approximate surface area is 123 Å². The minimum absolute atomic E-state index is 0.224. The van der Waals surface area contributed by atoms with Crippen molar-refractivity contribution in [2.45, 2.75) is 45.4 Å². The van der Waals surface area contributed by atoms with E-state index in [4.69, 9.17) is 4.74 Å². The fraction of sp³-hybridized carbons (Fsp3) is 0.625. The van der Waals surface area contributed by atoms with Crippen molar-refractivity contribution in [2.75, 3.05) is 6.61 Å². The zero-order chi connectivity index (χ0) is 15.3. The zero-order valence-corrected chi connectivity index (χ0v) is 12.2. The molecule has 1 saturated carbocycles. The van der Waals surface area contributed by atoms with Crippen molar-refractivity contribution < 1.29 is 22.6 Å². The van der Waals surface area contributed by atoms with Crippen molar-refractivity contribution in [1.29, 1.82) is 0 Å². The quantitative estimate of drug-likeness (QED) is 0.746. The minimum atomic E-state index is -4.65. The molecule has 0 bridgehead atoms. The third-order valence-corrected chi connectivity index (χ3v) is 4.09. The molecule has 0 unspecified atom stereocenters. The molecular formula is C16H21F3O2. The first-order valence-electron chi connectivity index (χ1n) is 7.45. The van der Waals surface area contributed by atoms with Gasteiger partial charge < -0.3 is 9.47 Å². The molecule has 5 heteroatoms. The van der Waals surface area contributed by atoms with E-state index in [1.165, 1.54) is 56.4 Å². The normalized spacial score (nSPS) is 22.9. The maximum absolute atomic E-state index is 12.0. The lowest BCUT2D eigenvalue weighted by molar-refractivity contribution is -0.274. The SMILES string of the molecule is CCC1CCC(COc2ccc(OC(F)(F)F)cc2)CC1. The van der Waals surface area contributed by atoms with Crippen molar-refractivity contribution in [3.63, 3.8) is 0 Å². The third-order valence-electron chi connectivity index (χ3n) is 4.09. The fourth-order valence-corrected chi connectivity index (χ4v) is 2.76. The number of halogens is 3. The van der Waals surface area contributed by atoms with Gasteiger partial charge in [0.1, 0.15) is 11.5 Å². The maximum Gasteiger partial charge on any atom is 0.573 e. The van der Waals surface area contributed by atoms with E-state index >= 15 is 0 Å². The van der Waals surface area contributed by atoms with Crippen molar-refractivity contribution in [2.24, 2.45) is 11.8 Å². The molecule has 21 heavy (non-hydrogen) atoms. The van der Waals surface area contributed by atoms with E-state index in [0.29, 0.717) is 18.3 Å². The molecule has 0 amide bonds. The molecule has 0 aliphatic heterocycles. The van der Waals surface area contributed by atoms with Crippen LogP contribution in [0, 0.1) is 11.8 Å². The molecule has 1 aromatic carbocycles. The second-order valence-corrected chi connectivity index (χ2v) is 5.63. The van der Waals surface area contributed by atoms with Gasteiger partial charge in [0.25, 0.3) is 0 Å². The van der Waals surface area contributed by atoms with Crippen LogP contribution in [0.15, 0.2) is 24.3 Å². The standard InChI is InChI=1S/C16H21F3O2/c1-2-12-3-5-13(6-4-12)11-20-14-7-9-15(10-8-14)21-16(17,18)19/h7-10,12-13H,2-6,11H2,1H3. The summed E-state index contributed by atoms with van der Waals surface area (Å²) in [7, 11) is 0. The Hall–Kier alpha value is -1.39. The van der Waals surface area contributed by atoms with Crippen LogP contribution in [0.5, 0.6) is 11.5 Å². The van der Waals surface area contributed by atoms with Crippen LogP contribution in [-0.4, -0.2) is 13.0 Å². The first kappa shape index (κ1) is 16.0. The lowest BCUT2D eigenvalue weighted by Gasteiger charge is -2.27. The Balaban J connectivity index is 1.76. The molecule has 1 fully saturated rings. The molecule has 0 aromatic heterocycles. The Bertz CT molecular complexity index is 420. The van der Waals surface area contributed by atoms with Crippen LogP contribution in [0.3, 0.4) is 0 Å². The molecule has 0 radical (unpaired) electrons. The summed E-state index contributed by atoms with van der Waals surface area (Å²) < 4.78 is 45.6. The van der Waals surface area contributed by atoms with E-state index in [1.807, 2.05) is 0 Å². The van der Waals surface area contributed by atoms with Crippen LogP contribution < -0.4 is 9.47 Å². The van der Waals surface area contributed by atoms with Gasteiger partial charge in [-0.25, -0.2) is 0 Å². The smallest absolute Gasteiger partial charge is 0.493 e. The van der Waals surface area contributed by atoms with E-state index < -0.39 is 6.36 Å². The predicted octanol–water partition coefficient (Wildman–Crippen LogP) is 5.18. The second kappa shape index (κ2) is 7.05. The molecule has 0 atom stereocenters. The van der Waals surface area contributed by atoms with Gasteiger partial charge in [-0.05, 0) is 48.9 Å². The van der Waals surface area contributed by atoms with Crippen molar-refractivity contribution >= 4 is 0 Å². The van der Waals surface area contributed by atoms with Crippen LogP contribution in [0.2, 0.25) is 0 Å². The molecule has 118 valence electrons. The lowest BCUT2D eigenvalue weighted by atomic mass is 9.81. The average Bonchev–Trinajstić information content (AvgIpc) is 2.45. The maximum atomic E-state index is 12.0. The van der Waals surface area contributed by atoms with Gasteiger partial charge in [-0.2, -0.15) is 0 Å². The molecule has 2 rings (SSSR count). The Kier molecular flexibility index (Phi) is 5.37. The van der Waals surface area contributed by atoms with E-state index in [0.717, 1.165) is 5.92 Å². The molecule has 1 aromatic rings. The summed E-state index contributed by atoms with van der Waals surface area (Å²) in [5.74, 6) is 1.76. The van der Waals surface area contributed by atoms with Crippen LogP contribution in [0.1, 0.15) is 39.0 Å². The highest BCUT2D eigenvalue weighted by Gasteiger charge is 2.31. The van der Waals surface area contributed by atoms with Crippen LogP contribution in [0.4, 0.5) is 13.2 Å². The molecule has 0 heterocycles. The summed E-state index contributed by atoms with van der Waals surface area (Å²) in [5, 5.41) is 0. The van der Waals surface area contributed by atoms with Crippen molar-refractivity contribution in [1.82, 2.24) is 0 Å². The molecule has 1 aliphatic carbocycles. The first-order valence-corrected chi connectivity index (χ1v) is 7.45. The summed E-state index contributed by atoms with van der Waals surface area (Å²) in [4.78, 5) is 0. The number of hydrogen-bond acceptors (Lipinski definition) is 2. The average molecular weight is 302 g/mol. The monoisotopic (exact) mass is 302 g/mol. The Morgan fingerprint density at radius 1 is 0.952 bits per heavy atom. The largest absolute Gasteiger partial charge is 0.573 e. The fourth-order valence-electron chi connectivity index (χ4n) is 2.76. The highest BCUT2D eigenvalue weighted by molar-refractivity contribution is 5.31. The second-order valence-electron chi connectivity index (χ2n) is 5.63. The van der Waals surface area contributed by atoms with E-state index in [9.17, 15) is 13.2 Å². The Morgan fingerprint density at radius 2 is 1.48 bits per heavy atom. The third kappa shape index (κ3) is 5.48. The molecule has 0 N–H and O–H groups in total. The summed E-state index contributed by atoms with van der Waals surface area (Å²) >= 11 is 0. The van der Waals surface area contributed by atoms with Crippen LogP contribution in [-0.2, 0) is 0 Å². The summed E-state index contributed by atoms with van der Waals surface area (Å²) in [6, 6.07) is 5.57.